The van der Waals surface area contributed by atoms with Crippen LogP contribution in [-0.2, 0) is 4.74 Å². The number of hydrogen-bond acceptors (Lipinski definition) is 6. The molecule has 10 heteroatoms. The molecule has 2 aromatic heterocycles. The van der Waals surface area contributed by atoms with E-state index in [1.54, 1.807) is 6.20 Å². The van der Waals surface area contributed by atoms with Crippen LogP contribution in [0, 0.1) is 17.5 Å². The first-order valence-corrected chi connectivity index (χ1v) is 10.4. The average Bonchev–Trinajstić information content (AvgIpc) is 3.38. The Kier molecular flexibility index (Phi) is 5.41. The van der Waals surface area contributed by atoms with E-state index >= 15 is 0 Å². The van der Waals surface area contributed by atoms with E-state index in [1.165, 1.54) is 0 Å². The van der Waals surface area contributed by atoms with Gasteiger partial charge in [0.15, 0.2) is 11.6 Å². The summed E-state index contributed by atoms with van der Waals surface area (Å²) in [5, 5.41) is 9.53. The highest BCUT2D eigenvalue weighted by Gasteiger charge is 2.25. The van der Waals surface area contributed by atoms with Crippen LogP contribution in [0.25, 0.3) is 11.0 Å². The Bertz CT molecular complexity index is 1070. The van der Waals surface area contributed by atoms with E-state index < -0.39 is 23.1 Å². The zero-order valence-corrected chi connectivity index (χ0v) is 16.8. The average molecular weight is 432 g/mol. The smallest absolute Gasteiger partial charge is 0.208 e. The van der Waals surface area contributed by atoms with E-state index in [-0.39, 0.29) is 12.0 Å². The second-order valence-corrected chi connectivity index (χ2v) is 7.92. The fourth-order valence-corrected chi connectivity index (χ4v) is 4.21. The van der Waals surface area contributed by atoms with Gasteiger partial charge in [-0.1, -0.05) is 0 Å². The van der Waals surface area contributed by atoms with Gasteiger partial charge in [0, 0.05) is 30.8 Å². The van der Waals surface area contributed by atoms with Gasteiger partial charge in [-0.3, -0.25) is 0 Å². The number of benzene rings is 1. The van der Waals surface area contributed by atoms with Gasteiger partial charge in [-0.15, -0.1) is 0 Å². The summed E-state index contributed by atoms with van der Waals surface area (Å²) >= 11 is 0. The predicted molar refractivity (Wildman–Crippen MR) is 111 cm³/mol. The third kappa shape index (κ3) is 4.05. The van der Waals surface area contributed by atoms with Crippen molar-refractivity contribution in [1.82, 2.24) is 19.9 Å². The minimum atomic E-state index is -1.02. The fraction of sp³-hybridized carbons (Fsp3) is 0.429. The van der Waals surface area contributed by atoms with Crippen LogP contribution in [0.2, 0.25) is 0 Å². The summed E-state index contributed by atoms with van der Waals surface area (Å²) in [7, 11) is 0. The SMILES string of the molecule is Fc1cc(F)c(Nc2nc3cnc(NC4CCNCC4)cc3n2[C@H]2CCOC2)c(F)c1. The van der Waals surface area contributed by atoms with Gasteiger partial charge in [-0.25, -0.2) is 23.1 Å². The fourth-order valence-electron chi connectivity index (χ4n) is 4.21. The molecule has 4 heterocycles. The molecule has 164 valence electrons. The molecule has 7 nitrogen and oxygen atoms in total. The number of aromatic nitrogens is 3. The highest BCUT2D eigenvalue weighted by molar-refractivity contribution is 5.81. The van der Waals surface area contributed by atoms with Gasteiger partial charge in [-0.2, -0.15) is 0 Å². The van der Waals surface area contributed by atoms with E-state index in [1.807, 2.05) is 10.6 Å². The lowest BCUT2D eigenvalue weighted by molar-refractivity contribution is 0.187. The topological polar surface area (TPSA) is 76.0 Å². The van der Waals surface area contributed by atoms with Crippen LogP contribution in [0.4, 0.5) is 30.6 Å². The van der Waals surface area contributed by atoms with Crippen molar-refractivity contribution in [3.05, 3.63) is 41.8 Å². The van der Waals surface area contributed by atoms with Gasteiger partial charge in [0.1, 0.15) is 22.8 Å². The number of rotatable bonds is 5. The number of nitrogens with one attached hydrogen (secondary N) is 3. The lowest BCUT2D eigenvalue weighted by Crippen LogP contribution is -2.35. The molecule has 0 bridgehead atoms. The Balaban J connectivity index is 1.53. The number of piperidine rings is 1. The summed E-state index contributed by atoms with van der Waals surface area (Å²) in [4.78, 5) is 8.99. The summed E-state index contributed by atoms with van der Waals surface area (Å²) in [6, 6.07) is 3.47. The molecule has 2 aliphatic rings. The summed E-state index contributed by atoms with van der Waals surface area (Å²) in [6.07, 6.45) is 4.40. The van der Waals surface area contributed by atoms with Crippen molar-refractivity contribution in [3.63, 3.8) is 0 Å². The zero-order chi connectivity index (χ0) is 21.4. The molecule has 5 rings (SSSR count). The molecule has 2 fully saturated rings. The minimum absolute atomic E-state index is 0.0480. The van der Waals surface area contributed by atoms with E-state index in [4.69, 9.17) is 4.74 Å². The van der Waals surface area contributed by atoms with E-state index in [2.05, 4.69) is 25.9 Å². The number of imidazole rings is 1. The minimum Gasteiger partial charge on any atom is -0.379 e. The predicted octanol–water partition coefficient (Wildman–Crippen LogP) is 3.72. The van der Waals surface area contributed by atoms with Gasteiger partial charge < -0.3 is 25.3 Å². The normalized spacial score (nSPS) is 19.8. The first kappa shape index (κ1) is 20.1. The maximum atomic E-state index is 14.3. The molecule has 0 radical (unpaired) electrons. The second-order valence-electron chi connectivity index (χ2n) is 7.92. The third-order valence-electron chi connectivity index (χ3n) is 5.78. The van der Waals surface area contributed by atoms with Crippen molar-refractivity contribution in [2.24, 2.45) is 0 Å². The number of nitrogens with zero attached hydrogens (tertiary/aromatic N) is 3. The van der Waals surface area contributed by atoms with Crippen molar-refractivity contribution in [1.29, 1.82) is 0 Å². The summed E-state index contributed by atoms with van der Waals surface area (Å²) in [5.74, 6) is -2.03. The Labute approximate surface area is 177 Å². The number of fused-ring (bicyclic) bond motifs is 1. The van der Waals surface area contributed by atoms with Gasteiger partial charge in [-0.05, 0) is 32.4 Å². The van der Waals surface area contributed by atoms with Gasteiger partial charge >= 0.3 is 0 Å². The number of ether oxygens (including phenoxy) is 1. The Morgan fingerprint density at radius 2 is 1.84 bits per heavy atom. The molecule has 2 aliphatic heterocycles. The molecular weight excluding hydrogens is 409 g/mol. The monoisotopic (exact) mass is 432 g/mol. The van der Waals surface area contributed by atoms with Gasteiger partial charge in [0.05, 0.1) is 24.4 Å². The number of pyridine rings is 1. The van der Waals surface area contributed by atoms with E-state index in [9.17, 15) is 13.2 Å². The van der Waals surface area contributed by atoms with Crippen LogP contribution >= 0.6 is 0 Å². The second kappa shape index (κ2) is 8.35. The molecule has 0 aliphatic carbocycles. The van der Waals surface area contributed by atoms with Gasteiger partial charge in [0.2, 0.25) is 5.95 Å². The zero-order valence-electron chi connectivity index (χ0n) is 16.8. The Morgan fingerprint density at radius 1 is 1.06 bits per heavy atom. The van der Waals surface area contributed by atoms with Crippen molar-refractivity contribution in [3.8, 4) is 0 Å². The molecule has 0 spiro atoms. The van der Waals surface area contributed by atoms with Gasteiger partial charge in [0.25, 0.3) is 0 Å². The lowest BCUT2D eigenvalue weighted by Gasteiger charge is -2.24. The summed E-state index contributed by atoms with van der Waals surface area (Å²) in [6.45, 7) is 2.97. The van der Waals surface area contributed by atoms with Crippen LogP contribution in [0.15, 0.2) is 24.4 Å². The first-order chi connectivity index (χ1) is 15.1. The van der Waals surface area contributed by atoms with Crippen LogP contribution in [0.1, 0.15) is 25.3 Å². The maximum Gasteiger partial charge on any atom is 0.208 e. The summed E-state index contributed by atoms with van der Waals surface area (Å²) < 4.78 is 49.2. The first-order valence-electron chi connectivity index (χ1n) is 10.4. The van der Waals surface area contributed by atoms with Crippen molar-refractivity contribution in [2.75, 3.05) is 36.9 Å². The summed E-state index contributed by atoms with van der Waals surface area (Å²) in [5.41, 5.74) is 0.929. The molecule has 31 heavy (non-hydrogen) atoms. The number of hydrogen-bond donors (Lipinski definition) is 3. The largest absolute Gasteiger partial charge is 0.379 e. The number of halogens is 3. The highest BCUT2D eigenvalue weighted by Crippen LogP contribution is 2.33. The third-order valence-corrected chi connectivity index (χ3v) is 5.78. The van der Waals surface area contributed by atoms with Crippen molar-refractivity contribution < 1.29 is 17.9 Å². The molecule has 2 saturated heterocycles. The standard InChI is InChI=1S/C21H23F3N6O/c22-12-7-15(23)20(16(24)8-12)29-21-28-17-10-26-19(27-13-1-4-25-5-2-13)9-18(17)30(21)14-3-6-31-11-14/h7-10,13-14,25H,1-6,11H2,(H,26,27)(H,28,29)/t14-/m0/s1. The highest BCUT2D eigenvalue weighted by atomic mass is 19.1. The quantitative estimate of drug-likeness (QED) is 0.571. The molecule has 0 saturated carbocycles. The van der Waals surface area contributed by atoms with Crippen LogP contribution in [0.3, 0.4) is 0 Å². The molecule has 0 amide bonds. The molecule has 1 aromatic carbocycles. The van der Waals surface area contributed by atoms with Crippen molar-refractivity contribution >= 4 is 28.5 Å². The van der Waals surface area contributed by atoms with Crippen LogP contribution < -0.4 is 16.0 Å². The van der Waals surface area contributed by atoms with Crippen LogP contribution in [0.5, 0.6) is 0 Å². The Hall–Kier alpha value is -2.85. The number of anilines is 3. The maximum absolute atomic E-state index is 14.3. The molecule has 3 aromatic rings. The van der Waals surface area contributed by atoms with Crippen molar-refractivity contribution in [2.45, 2.75) is 31.3 Å². The van der Waals surface area contributed by atoms with Crippen LogP contribution in [-0.4, -0.2) is 46.9 Å². The lowest BCUT2D eigenvalue weighted by atomic mass is 10.1. The molecular formula is C21H23F3N6O. The Morgan fingerprint density at radius 3 is 2.55 bits per heavy atom. The van der Waals surface area contributed by atoms with E-state index in [0.29, 0.717) is 36.9 Å². The molecule has 3 N–H and O–H groups in total. The van der Waals surface area contributed by atoms with E-state index in [0.717, 1.165) is 43.7 Å². The molecule has 0 unspecified atom stereocenters. The molecule has 1 atom stereocenters.